The third-order valence-electron chi connectivity index (χ3n) is 1.65. The van der Waals surface area contributed by atoms with Crippen LogP contribution in [0, 0.1) is 21.4 Å². The molecule has 0 spiro atoms. The second-order valence-corrected chi connectivity index (χ2v) is 2.73. The van der Waals surface area contributed by atoms with Crippen molar-refractivity contribution in [2.45, 2.75) is 0 Å². The van der Waals surface area contributed by atoms with Crippen molar-refractivity contribution in [3.63, 3.8) is 0 Å². The van der Waals surface area contributed by atoms with Crippen LogP contribution in [0.2, 0.25) is 0 Å². The Balaban J connectivity index is 2.96. The standard InChI is InChI=1S/C9H6N2O5/c10-4-6-3-7(16-5-9(12)13)1-2-8(6)11(14)15/h1-3H,5H2,(H,12,13). The van der Waals surface area contributed by atoms with E-state index < -0.39 is 17.5 Å². The summed E-state index contributed by atoms with van der Waals surface area (Å²) in [6.45, 7) is -0.567. The van der Waals surface area contributed by atoms with E-state index in [9.17, 15) is 14.9 Å². The number of hydrogen-bond acceptors (Lipinski definition) is 5. The highest BCUT2D eigenvalue weighted by molar-refractivity contribution is 5.68. The van der Waals surface area contributed by atoms with Gasteiger partial charge in [-0.05, 0) is 6.07 Å². The maximum absolute atomic E-state index is 10.5. The molecule has 0 heterocycles. The van der Waals surface area contributed by atoms with Crippen LogP contribution in [0.4, 0.5) is 5.69 Å². The normalized spacial score (nSPS) is 9.19. The van der Waals surface area contributed by atoms with Crippen LogP contribution in [0.5, 0.6) is 5.75 Å². The van der Waals surface area contributed by atoms with Crippen LogP contribution < -0.4 is 4.74 Å². The van der Waals surface area contributed by atoms with Gasteiger partial charge in [0.2, 0.25) is 0 Å². The Kier molecular flexibility index (Phi) is 3.40. The zero-order chi connectivity index (χ0) is 12.1. The van der Waals surface area contributed by atoms with E-state index in [2.05, 4.69) is 0 Å². The van der Waals surface area contributed by atoms with Crippen LogP contribution in [0.3, 0.4) is 0 Å². The number of nitrogens with zero attached hydrogens (tertiary/aromatic N) is 2. The third-order valence-corrected chi connectivity index (χ3v) is 1.65. The van der Waals surface area contributed by atoms with Crippen molar-refractivity contribution in [3.8, 4) is 11.8 Å². The highest BCUT2D eigenvalue weighted by Crippen LogP contribution is 2.23. The largest absolute Gasteiger partial charge is 0.482 e. The van der Waals surface area contributed by atoms with Gasteiger partial charge < -0.3 is 9.84 Å². The minimum absolute atomic E-state index is 0.101. The molecule has 1 rings (SSSR count). The molecular weight excluding hydrogens is 216 g/mol. The van der Waals surface area contributed by atoms with Gasteiger partial charge in [-0.25, -0.2) is 4.79 Å². The summed E-state index contributed by atoms with van der Waals surface area (Å²) in [4.78, 5) is 20.0. The molecular formula is C9H6N2O5. The third kappa shape index (κ3) is 2.68. The minimum Gasteiger partial charge on any atom is -0.482 e. The Labute approximate surface area is 89.6 Å². The quantitative estimate of drug-likeness (QED) is 0.598. The molecule has 0 amide bonds. The second kappa shape index (κ2) is 4.75. The van der Waals surface area contributed by atoms with Crippen LogP contribution in [-0.4, -0.2) is 22.6 Å². The molecule has 0 aliphatic heterocycles. The molecule has 0 saturated carbocycles. The van der Waals surface area contributed by atoms with Gasteiger partial charge in [0.25, 0.3) is 5.69 Å². The first kappa shape index (κ1) is 11.5. The SMILES string of the molecule is N#Cc1cc(OCC(=O)O)ccc1[N+](=O)[O-]. The molecule has 7 nitrogen and oxygen atoms in total. The number of nitro benzene ring substituents is 1. The van der Waals surface area contributed by atoms with Crippen LogP contribution in [0.1, 0.15) is 5.56 Å². The average molecular weight is 222 g/mol. The number of aliphatic carboxylic acids is 1. The fourth-order valence-corrected chi connectivity index (χ4v) is 0.999. The van der Waals surface area contributed by atoms with Crippen molar-refractivity contribution in [2.75, 3.05) is 6.61 Å². The maximum atomic E-state index is 10.5. The van der Waals surface area contributed by atoms with Gasteiger partial charge >= 0.3 is 5.97 Å². The van der Waals surface area contributed by atoms with E-state index in [0.29, 0.717) is 0 Å². The van der Waals surface area contributed by atoms with Gasteiger partial charge in [-0.15, -0.1) is 0 Å². The minimum atomic E-state index is -1.17. The van der Waals surface area contributed by atoms with Crippen molar-refractivity contribution < 1.29 is 19.6 Å². The van der Waals surface area contributed by atoms with Gasteiger partial charge in [0.1, 0.15) is 17.4 Å². The van der Waals surface area contributed by atoms with Crippen LogP contribution >= 0.6 is 0 Å². The molecule has 0 atom stereocenters. The molecule has 1 aromatic rings. The number of rotatable bonds is 4. The lowest BCUT2D eigenvalue weighted by atomic mass is 10.2. The topological polar surface area (TPSA) is 113 Å². The Bertz CT molecular complexity index is 477. The number of carbonyl (C=O) groups is 1. The highest BCUT2D eigenvalue weighted by atomic mass is 16.6. The molecule has 0 aromatic heterocycles. The molecule has 0 unspecified atom stereocenters. The Morgan fingerprint density at radius 2 is 2.31 bits per heavy atom. The lowest BCUT2D eigenvalue weighted by Crippen LogP contribution is -2.09. The number of benzene rings is 1. The number of carboxylic acids is 1. The fourth-order valence-electron chi connectivity index (χ4n) is 0.999. The summed E-state index contributed by atoms with van der Waals surface area (Å²) in [5.41, 5.74) is -0.516. The van der Waals surface area contributed by atoms with Gasteiger partial charge in [0.15, 0.2) is 6.61 Å². The molecule has 0 aliphatic rings. The predicted octanol–water partition coefficient (Wildman–Crippen LogP) is 0.930. The van der Waals surface area contributed by atoms with Gasteiger partial charge in [-0.3, -0.25) is 10.1 Å². The summed E-state index contributed by atoms with van der Waals surface area (Å²) in [5, 5.41) is 27.5. The Hall–Kier alpha value is -2.62. The molecule has 0 fully saturated rings. The van der Waals surface area contributed by atoms with E-state index in [1.165, 1.54) is 6.07 Å². The summed E-state index contributed by atoms with van der Waals surface area (Å²) >= 11 is 0. The fraction of sp³-hybridized carbons (Fsp3) is 0.111. The van der Waals surface area contributed by atoms with Gasteiger partial charge in [-0.1, -0.05) is 0 Å². The predicted molar refractivity (Wildman–Crippen MR) is 50.9 cm³/mol. The average Bonchev–Trinajstić information content (AvgIpc) is 2.25. The van der Waals surface area contributed by atoms with Gasteiger partial charge in [-0.2, -0.15) is 5.26 Å². The highest BCUT2D eigenvalue weighted by Gasteiger charge is 2.14. The van der Waals surface area contributed by atoms with Crippen molar-refractivity contribution in [1.29, 1.82) is 5.26 Å². The van der Waals surface area contributed by atoms with Crippen LogP contribution in [-0.2, 0) is 4.79 Å². The number of carboxylic acid groups (broad SMARTS) is 1. The van der Waals surface area contributed by atoms with Gasteiger partial charge in [0, 0.05) is 12.1 Å². The molecule has 1 aromatic carbocycles. The van der Waals surface area contributed by atoms with Crippen molar-refractivity contribution >= 4 is 11.7 Å². The summed E-state index contributed by atoms with van der Waals surface area (Å²) in [6, 6.07) is 5.09. The van der Waals surface area contributed by atoms with Crippen LogP contribution in [0.25, 0.3) is 0 Å². The molecule has 0 aliphatic carbocycles. The number of ether oxygens (including phenoxy) is 1. The number of hydrogen-bond donors (Lipinski definition) is 1. The van der Waals surface area contributed by atoms with Crippen molar-refractivity contribution in [1.82, 2.24) is 0 Å². The smallest absolute Gasteiger partial charge is 0.341 e. The zero-order valence-corrected chi connectivity index (χ0v) is 7.91. The first-order chi connectivity index (χ1) is 7.54. The van der Waals surface area contributed by atoms with Crippen LogP contribution in [0.15, 0.2) is 18.2 Å². The molecule has 1 N–H and O–H groups in total. The molecule has 0 radical (unpaired) electrons. The van der Waals surface area contributed by atoms with E-state index >= 15 is 0 Å². The monoisotopic (exact) mass is 222 g/mol. The molecule has 0 bridgehead atoms. The zero-order valence-electron chi connectivity index (χ0n) is 7.91. The molecule has 16 heavy (non-hydrogen) atoms. The van der Waals surface area contributed by atoms with E-state index in [4.69, 9.17) is 15.1 Å². The van der Waals surface area contributed by atoms with Crippen molar-refractivity contribution in [3.05, 3.63) is 33.9 Å². The summed E-state index contributed by atoms with van der Waals surface area (Å²) in [7, 11) is 0. The van der Waals surface area contributed by atoms with Gasteiger partial charge in [0.05, 0.1) is 4.92 Å². The molecule has 0 saturated heterocycles. The lowest BCUT2D eigenvalue weighted by molar-refractivity contribution is -0.385. The van der Waals surface area contributed by atoms with E-state index in [1.807, 2.05) is 0 Å². The second-order valence-electron chi connectivity index (χ2n) is 2.73. The van der Waals surface area contributed by atoms with E-state index in [0.717, 1.165) is 12.1 Å². The lowest BCUT2D eigenvalue weighted by Gasteiger charge is -2.02. The Morgan fingerprint density at radius 3 is 2.81 bits per heavy atom. The van der Waals surface area contributed by atoms with E-state index in [1.54, 1.807) is 6.07 Å². The van der Waals surface area contributed by atoms with Crippen molar-refractivity contribution in [2.24, 2.45) is 0 Å². The summed E-state index contributed by atoms with van der Waals surface area (Å²) in [5.74, 6) is -1.07. The maximum Gasteiger partial charge on any atom is 0.341 e. The number of nitro groups is 1. The Morgan fingerprint density at radius 1 is 1.62 bits per heavy atom. The summed E-state index contributed by atoms with van der Waals surface area (Å²) in [6.07, 6.45) is 0. The first-order valence-electron chi connectivity index (χ1n) is 4.07. The molecule has 82 valence electrons. The number of nitriles is 1. The van der Waals surface area contributed by atoms with E-state index in [-0.39, 0.29) is 17.0 Å². The summed E-state index contributed by atoms with van der Waals surface area (Å²) < 4.78 is 4.77. The first-order valence-corrected chi connectivity index (χ1v) is 4.07. The molecule has 7 heteroatoms.